The topological polar surface area (TPSA) is 30.2 Å². The molecule has 40 heavy (non-hydrogen) atoms. The Morgan fingerprint density at radius 2 is 1.27 bits per heavy atom. The van der Waals surface area contributed by atoms with Crippen molar-refractivity contribution in [1.29, 1.82) is 0 Å². The van der Waals surface area contributed by atoms with Gasteiger partial charge in [0.15, 0.2) is 0 Å². The molecular formula is C36H29IrN3-2. The summed E-state index contributed by atoms with van der Waals surface area (Å²) in [5.41, 5.74) is 11.5. The van der Waals surface area contributed by atoms with Gasteiger partial charge in [0.1, 0.15) is 0 Å². The summed E-state index contributed by atoms with van der Waals surface area (Å²) in [6.45, 7) is 8.38. The van der Waals surface area contributed by atoms with Gasteiger partial charge in [-0.2, -0.15) is 0 Å². The summed E-state index contributed by atoms with van der Waals surface area (Å²) in [7, 11) is 0. The number of rotatable bonds is 2. The number of hydrogen-bond acceptors (Lipinski definition) is 2. The quantitative estimate of drug-likeness (QED) is 0.169. The molecule has 7 aromatic rings. The Morgan fingerprint density at radius 1 is 0.600 bits per heavy atom. The molecule has 3 aromatic carbocycles. The molecule has 0 unspecified atom stereocenters. The molecule has 4 aromatic heterocycles. The first-order chi connectivity index (χ1) is 19.0. The van der Waals surface area contributed by atoms with Crippen LogP contribution < -0.4 is 0 Å². The molecule has 4 heterocycles. The zero-order valence-electron chi connectivity index (χ0n) is 23.0. The van der Waals surface area contributed by atoms with Gasteiger partial charge in [0.05, 0.1) is 5.52 Å². The molecule has 7 rings (SSSR count). The predicted octanol–water partition coefficient (Wildman–Crippen LogP) is 8.89. The van der Waals surface area contributed by atoms with Gasteiger partial charge >= 0.3 is 0 Å². The molecule has 0 N–H and O–H groups in total. The van der Waals surface area contributed by atoms with Gasteiger partial charge in [-0.25, -0.2) is 0 Å². The van der Waals surface area contributed by atoms with E-state index in [0.717, 1.165) is 22.5 Å². The summed E-state index contributed by atoms with van der Waals surface area (Å²) in [6.07, 6.45) is 5.99. The van der Waals surface area contributed by atoms with Crippen molar-refractivity contribution in [2.45, 2.75) is 27.7 Å². The van der Waals surface area contributed by atoms with Crippen LogP contribution in [0.15, 0.2) is 104 Å². The van der Waals surface area contributed by atoms with Crippen LogP contribution in [0.1, 0.15) is 22.3 Å². The van der Waals surface area contributed by atoms with Gasteiger partial charge in [0.2, 0.25) is 0 Å². The SMILES string of the molecule is Cc1cnc(-c2[c-]cc3ccn4c5ccccc5cc4c3c2)cc1C.Cc1cnc(-c2[c-]cccc2)cc1C.[Ir]. The Hall–Kier alpha value is -4.11. The Kier molecular flexibility index (Phi) is 7.93. The third-order valence-electron chi connectivity index (χ3n) is 7.42. The van der Waals surface area contributed by atoms with E-state index in [1.807, 2.05) is 36.7 Å². The summed E-state index contributed by atoms with van der Waals surface area (Å²) in [5.74, 6) is 0. The maximum Gasteiger partial charge on any atom is 0.0527 e. The number of aryl methyl sites for hydroxylation is 4. The summed E-state index contributed by atoms with van der Waals surface area (Å²) in [6, 6.07) is 35.9. The van der Waals surface area contributed by atoms with E-state index in [4.69, 9.17) is 0 Å². The van der Waals surface area contributed by atoms with E-state index in [2.05, 4.69) is 121 Å². The third-order valence-corrected chi connectivity index (χ3v) is 7.42. The van der Waals surface area contributed by atoms with Crippen LogP contribution in [0.4, 0.5) is 0 Å². The van der Waals surface area contributed by atoms with Crippen LogP contribution in [0, 0.1) is 39.8 Å². The molecule has 3 nitrogen and oxygen atoms in total. The molecule has 0 amide bonds. The van der Waals surface area contributed by atoms with Crippen LogP contribution in [-0.4, -0.2) is 14.4 Å². The fourth-order valence-electron chi connectivity index (χ4n) is 4.80. The number of nitrogens with zero attached hydrogens (tertiary/aromatic N) is 3. The standard InChI is InChI=1S/C23H17N2.C13H12N.Ir/c1-15-11-21(24-14-16(15)2)18-8-7-17-9-10-25-22-6-4-3-5-19(22)13-23(25)20(17)12-18;1-10-8-13(14-9-11(10)2)12-6-4-3-5-7-12;/h3-7,9-14H,1-2H3;3-6,8-9H,1-2H3;/q2*-1;. The minimum Gasteiger partial charge on any atom is -0.318 e. The van der Waals surface area contributed by atoms with Crippen molar-refractivity contribution < 1.29 is 20.1 Å². The summed E-state index contributed by atoms with van der Waals surface area (Å²) in [5, 5.41) is 3.68. The summed E-state index contributed by atoms with van der Waals surface area (Å²) >= 11 is 0. The van der Waals surface area contributed by atoms with Crippen LogP contribution in [0.2, 0.25) is 0 Å². The molecule has 0 atom stereocenters. The van der Waals surface area contributed by atoms with E-state index in [-0.39, 0.29) is 20.1 Å². The number of hydrogen-bond donors (Lipinski definition) is 0. The van der Waals surface area contributed by atoms with E-state index in [1.54, 1.807) is 0 Å². The maximum atomic E-state index is 4.60. The second-order valence-corrected chi connectivity index (χ2v) is 10.1. The Labute approximate surface area is 248 Å². The van der Waals surface area contributed by atoms with E-state index < -0.39 is 0 Å². The fourth-order valence-corrected chi connectivity index (χ4v) is 4.80. The second kappa shape index (κ2) is 11.6. The minimum absolute atomic E-state index is 0. The van der Waals surface area contributed by atoms with Crippen molar-refractivity contribution in [2.24, 2.45) is 0 Å². The molecule has 0 saturated heterocycles. The molecule has 1 radical (unpaired) electrons. The van der Waals surface area contributed by atoms with Gasteiger partial charge in [-0.1, -0.05) is 58.3 Å². The third kappa shape index (κ3) is 5.34. The average Bonchev–Trinajstić information content (AvgIpc) is 3.36. The Morgan fingerprint density at radius 3 is 1.95 bits per heavy atom. The van der Waals surface area contributed by atoms with Gasteiger partial charge in [-0.3, -0.25) is 0 Å². The molecule has 0 fully saturated rings. The molecule has 0 aliphatic rings. The van der Waals surface area contributed by atoms with E-state index >= 15 is 0 Å². The van der Waals surface area contributed by atoms with E-state index in [9.17, 15) is 0 Å². The molecule has 0 aliphatic carbocycles. The van der Waals surface area contributed by atoms with Crippen LogP contribution in [0.5, 0.6) is 0 Å². The zero-order valence-corrected chi connectivity index (χ0v) is 25.4. The van der Waals surface area contributed by atoms with Gasteiger partial charge < -0.3 is 14.4 Å². The normalized spacial score (nSPS) is 10.8. The molecule has 4 heteroatoms. The van der Waals surface area contributed by atoms with Crippen molar-refractivity contribution in [1.82, 2.24) is 14.4 Å². The maximum absolute atomic E-state index is 4.60. The monoisotopic (exact) mass is 696 g/mol. The molecular weight excluding hydrogens is 667 g/mol. The van der Waals surface area contributed by atoms with Crippen molar-refractivity contribution in [3.8, 4) is 22.5 Å². The summed E-state index contributed by atoms with van der Waals surface area (Å²) in [4.78, 5) is 8.98. The van der Waals surface area contributed by atoms with E-state index in [0.29, 0.717) is 0 Å². The molecule has 0 aliphatic heterocycles. The molecule has 0 spiro atoms. The number of pyridine rings is 3. The van der Waals surface area contributed by atoms with E-state index in [1.165, 1.54) is 49.4 Å². The average molecular weight is 696 g/mol. The Bertz CT molecular complexity index is 1960. The van der Waals surface area contributed by atoms with Crippen LogP contribution in [0.25, 0.3) is 49.7 Å². The molecule has 0 saturated carbocycles. The first kappa shape index (κ1) is 27.5. The Balaban J connectivity index is 0.000000184. The van der Waals surface area contributed by atoms with Crippen molar-refractivity contribution in [3.05, 3.63) is 138 Å². The number of benzene rings is 3. The second-order valence-electron chi connectivity index (χ2n) is 10.1. The van der Waals surface area contributed by atoms with Crippen LogP contribution in [0.3, 0.4) is 0 Å². The first-order valence-corrected chi connectivity index (χ1v) is 13.2. The van der Waals surface area contributed by atoms with Gasteiger partial charge in [-0.05, 0) is 62.3 Å². The molecule has 0 bridgehead atoms. The number of aromatic nitrogens is 3. The predicted molar refractivity (Wildman–Crippen MR) is 162 cm³/mol. The fraction of sp³-hybridized carbons (Fsp3) is 0.111. The van der Waals surface area contributed by atoms with Gasteiger partial charge in [0, 0.05) is 49.6 Å². The van der Waals surface area contributed by atoms with Crippen LogP contribution in [-0.2, 0) is 20.1 Å². The van der Waals surface area contributed by atoms with Gasteiger partial charge in [0.25, 0.3) is 0 Å². The van der Waals surface area contributed by atoms with Crippen LogP contribution >= 0.6 is 0 Å². The number of para-hydroxylation sites is 1. The zero-order chi connectivity index (χ0) is 26.9. The van der Waals surface area contributed by atoms with Crippen molar-refractivity contribution in [2.75, 3.05) is 0 Å². The van der Waals surface area contributed by atoms with Gasteiger partial charge in [-0.15, -0.1) is 59.7 Å². The number of fused-ring (bicyclic) bond motifs is 5. The minimum atomic E-state index is 0. The first-order valence-electron chi connectivity index (χ1n) is 13.2. The summed E-state index contributed by atoms with van der Waals surface area (Å²) < 4.78 is 2.26. The largest absolute Gasteiger partial charge is 0.318 e. The van der Waals surface area contributed by atoms with Crippen molar-refractivity contribution >= 4 is 27.2 Å². The van der Waals surface area contributed by atoms with Crippen molar-refractivity contribution in [3.63, 3.8) is 0 Å². The molecule has 199 valence electrons. The smallest absolute Gasteiger partial charge is 0.0527 e.